The van der Waals surface area contributed by atoms with E-state index in [0.717, 1.165) is 5.56 Å². The van der Waals surface area contributed by atoms with Crippen molar-refractivity contribution >= 4 is 0 Å². The van der Waals surface area contributed by atoms with Crippen LogP contribution in [0.2, 0.25) is 0 Å². The SMILES string of the molecule is CC(C)OCCOc1cc(F)cc(CNC2CC2)c1. The summed E-state index contributed by atoms with van der Waals surface area (Å²) in [5.41, 5.74) is 0.923. The van der Waals surface area contributed by atoms with Crippen molar-refractivity contribution in [2.24, 2.45) is 0 Å². The normalized spacial score (nSPS) is 14.9. The summed E-state index contributed by atoms with van der Waals surface area (Å²) in [6, 6.07) is 5.46. The van der Waals surface area contributed by atoms with Crippen molar-refractivity contribution in [1.29, 1.82) is 0 Å². The third-order valence-corrected chi connectivity index (χ3v) is 2.91. The highest BCUT2D eigenvalue weighted by atomic mass is 19.1. The molecule has 1 N–H and O–H groups in total. The maximum atomic E-state index is 13.5. The minimum absolute atomic E-state index is 0.189. The first kappa shape index (κ1) is 14.3. The molecule has 1 aliphatic rings. The molecule has 0 unspecified atom stereocenters. The van der Waals surface area contributed by atoms with Crippen LogP contribution in [0.1, 0.15) is 32.3 Å². The van der Waals surface area contributed by atoms with Crippen LogP contribution in [0.15, 0.2) is 18.2 Å². The summed E-state index contributed by atoms with van der Waals surface area (Å²) in [4.78, 5) is 0. The Hall–Kier alpha value is -1.13. The smallest absolute Gasteiger partial charge is 0.127 e. The molecular weight excluding hydrogens is 245 g/mol. The van der Waals surface area contributed by atoms with Crippen molar-refractivity contribution in [3.8, 4) is 5.75 Å². The van der Waals surface area contributed by atoms with Crippen LogP contribution in [-0.2, 0) is 11.3 Å². The molecule has 2 rings (SSSR count). The predicted molar refractivity (Wildman–Crippen MR) is 72.8 cm³/mol. The van der Waals surface area contributed by atoms with E-state index in [1.165, 1.54) is 18.9 Å². The molecule has 0 bridgehead atoms. The lowest BCUT2D eigenvalue weighted by Gasteiger charge is -2.11. The molecular formula is C15H22FNO2. The van der Waals surface area contributed by atoms with E-state index in [1.54, 1.807) is 6.07 Å². The fourth-order valence-corrected chi connectivity index (χ4v) is 1.80. The van der Waals surface area contributed by atoms with E-state index in [0.29, 0.717) is 31.5 Å². The minimum atomic E-state index is -0.255. The van der Waals surface area contributed by atoms with Gasteiger partial charge in [-0.1, -0.05) is 0 Å². The molecule has 3 nitrogen and oxygen atoms in total. The zero-order valence-electron chi connectivity index (χ0n) is 11.6. The van der Waals surface area contributed by atoms with Gasteiger partial charge in [0, 0.05) is 18.7 Å². The van der Waals surface area contributed by atoms with Crippen molar-refractivity contribution in [2.75, 3.05) is 13.2 Å². The summed E-state index contributed by atoms with van der Waals surface area (Å²) < 4.78 is 24.4. The van der Waals surface area contributed by atoms with Gasteiger partial charge >= 0.3 is 0 Å². The second kappa shape index (κ2) is 6.87. The maximum Gasteiger partial charge on any atom is 0.127 e. The number of nitrogens with one attached hydrogen (secondary N) is 1. The molecule has 1 aromatic carbocycles. The van der Waals surface area contributed by atoms with E-state index in [4.69, 9.17) is 9.47 Å². The highest BCUT2D eigenvalue weighted by molar-refractivity contribution is 5.29. The van der Waals surface area contributed by atoms with E-state index in [9.17, 15) is 4.39 Å². The standard InChI is InChI=1S/C15H22FNO2/c1-11(2)18-5-6-19-15-8-12(7-13(16)9-15)10-17-14-3-4-14/h7-9,11,14,17H,3-6,10H2,1-2H3. The van der Waals surface area contributed by atoms with Crippen LogP contribution >= 0.6 is 0 Å². The molecule has 0 amide bonds. The lowest BCUT2D eigenvalue weighted by Crippen LogP contribution is -2.15. The molecule has 4 heteroatoms. The Morgan fingerprint density at radius 2 is 2.05 bits per heavy atom. The van der Waals surface area contributed by atoms with Crippen LogP contribution in [0.5, 0.6) is 5.75 Å². The van der Waals surface area contributed by atoms with Crippen LogP contribution in [-0.4, -0.2) is 25.4 Å². The molecule has 0 radical (unpaired) electrons. The predicted octanol–water partition coefficient (Wildman–Crippen LogP) is 2.88. The van der Waals surface area contributed by atoms with Crippen molar-refractivity contribution in [3.63, 3.8) is 0 Å². The third kappa shape index (κ3) is 5.57. The van der Waals surface area contributed by atoms with Crippen LogP contribution < -0.4 is 10.1 Å². The van der Waals surface area contributed by atoms with E-state index < -0.39 is 0 Å². The quantitative estimate of drug-likeness (QED) is 0.735. The van der Waals surface area contributed by atoms with Gasteiger partial charge in [-0.05, 0) is 44.4 Å². The second-order valence-corrected chi connectivity index (χ2v) is 5.22. The number of halogens is 1. The molecule has 1 aliphatic carbocycles. The number of rotatable bonds is 8. The summed E-state index contributed by atoms with van der Waals surface area (Å²) in [6.07, 6.45) is 2.64. The fourth-order valence-electron chi connectivity index (χ4n) is 1.80. The fraction of sp³-hybridized carbons (Fsp3) is 0.600. The Labute approximate surface area is 114 Å². The second-order valence-electron chi connectivity index (χ2n) is 5.22. The Kier molecular flexibility index (Phi) is 5.16. The average molecular weight is 267 g/mol. The average Bonchev–Trinajstić information content (AvgIpc) is 3.15. The molecule has 106 valence electrons. The van der Waals surface area contributed by atoms with Crippen LogP contribution in [0.3, 0.4) is 0 Å². The number of hydrogen-bond acceptors (Lipinski definition) is 3. The van der Waals surface area contributed by atoms with E-state index in [2.05, 4.69) is 5.32 Å². The Bertz CT molecular complexity index is 405. The molecule has 0 aromatic heterocycles. The molecule has 1 aromatic rings. The first-order valence-electron chi connectivity index (χ1n) is 6.91. The number of benzene rings is 1. The largest absolute Gasteiger partial charge is 0.491 e. The van der Waals surface area contributed by atoms with Gasteiger partial charge in [0.2, 0.25) is 0 Å². The molecule has 0 atom stereocenters. The highest BCUT2D eigenvalue weighted by Gasteiger charge is 2.20. The summed E-state index contributed by atoms with van der Waals surface area (Å²) in [6.45, 7) is 5.61. The lowest BCUT2D eigenvalue weighted by molar-refractivity contribution is 0.0552. The maximum absolute atomic E-state index is 13.5. The van der Waals surface area contributed by atoms with Gasteiger partial charge in [0.05, 0.1) is 12.7 Å². The van der Waals surface area contributed by atoms with Gasteiger partial charge in [-0.15, -0.1) is 0 Å². The van der Waals surface area contributed by atoms with Crippen molar-refractivity contribution < 1.29 is 13.9 Å². The van der Waals surface area contributed by atoms with Gasteiger partial charge in [0.1, 0.15) is 18.2 Å². The molecule has 0 aliphatic heterocycles. The van der Waals surface area contributed by atoms with Crippen LogP contribution in [0, 0.1) is 5.82 Å². The number of hydrogen-bond donors (Lipinski definition) is 1. The zero-order chi connectivity index (χ0) is 13.7. The van der Waals surface area contributed by atoms with Gasteiger partial charge in [0.25, 0.3) is 0 Å². The van der Waals surface area contributed by atoms with Gasteiger partial charge < -0.3 is 14.8 Å². The van der Waals surface area contributed by atoms with Gasteiger partial charge in [0.15, 0.2) is 0 Å². The number of ether oxygens (including phenoxy) is 2. The molecule has 0 saturated heterocycles. The summed E-state index contributed by atoms with van der Waals surface area (Å²) in [5.74, 6) is 0.315. The highest BCUT2D eigenvalue weighted by Crippen LogP contribution is 2.21. The van der Waals surface area contributed by atoms with E-state index >= 15 is 0 Å². The van der Waals surface area contributed by atoms with Crippen LogP contribution in [0.25, 0.3) is 0 Å². The Morgan fingerprint density at radius 3 is 2.74 bits per heavy atom. The van der Waals surface area contributed by atoms with Crippen molar-refractivity contribution in [1.82, 2.24) is 5.32 Å². The molecule has 1 saturated carbocycles. The van der Waals surface area contributed by atoms with Crippen LogP contribution in [0.4, 0.5) is 4.39 Å². The minimum Gasteiger partial charge on any atom is -0.491 e. The Morgan fingerprint density at radius 1 is 1.26 bits per heavy atom. The Balaban J connectivity index is 1.81. The lowest BCUT2D eigenvalue weighted by atomic mass is 10.2. The monoisotopic (exact) mass is 267 g/mol. The first-order valence-corrected chi connectivity index (χ1v) is 6.91. The topological polar surface area (TPSA) is 30.5 Å². The van der Waals surface area contributed by atoms with E-state index in [1.807, 2.05) is 19.9 Å². The molecule has 0 spiro atoms. The third-order valence-electron chi connectivity index (χ3n) is 2.91. The summed E-state index contributed by atoms with van der Waals surface area (Å²) >= 11 is 0. The van der Waals surface area contributed by atoms with Gasteiger partial charge in [-0.25, -0.2) is 4.39 Å². The summed E-state index contributed by atoms with van der Waals surface area (Å²) in [7, 11) is 0. The molecule has 0 heterocycles. The van der Waals surface area contributed by atoms with Gasteiger partial charge in [-0.3, -0.25) is 0 Å². The van der Waals surface area contributed by atoms with Crippen molar-refractivity contribution in [3.05, 3.63) is 29.6 Å². The van der Waals surface area contributed by atoms with E-state index in [-0.39, 0.29) is 11.9 Å². The first-order chi connectivity index (χ1) is 9.13. The molecule has 1 fully saturated rings. The summed E-state index contributed by atoms with van der Waals surface area (Å²) in [5, 5.41) is 3.36. The zero-order valence-corrected chi connectivity index (χ0v) is 11.6. The molecule has 19 heavy (non-hydrogen) atoms. The van der Waals surface area contributed by atoms with Gasteiger partial charge in [-0.2, -0.15) is 0 Å². The van der Waals surface area contributed by atoms with Crippen molar-refractivity contribution in [2.45, 2.75) is 45.4 Å².